The van der Waals surface area contributed by atoms with Gasteiger partial charge in [-0.3, -0.25) is 0 Å². The highest BCUT2D eigenvalue weighted by Crippen LogP contribution is 2.33. The summed E-state index contributed by atoms with van der Waals surface area (Å²) in [4.78, 5) is 0. The first kappa shape index (κ1) is 13.6. The van der Waals surface area contributed by atoms with Gasteiger partial charge in [-0.15, -0.1) is 0 Å². The smallest absolute Gasteiger partial charge is 0.142 e. The van der Waals surface area contributed by atoms with Gasteiger partial charge in [-0.05, 0) is 44.4 Å². The maximum absolute atomic E-state index is 13.5. The van der Waals surface area contributed by atoms with Crippen molar-refractivity contribution in [1.82, 2.24) is 5.32 Å². The summed E-state index contributed by atoms with van der Waals surface area (Å²) in [6.07, 6.45) is 8.19. The molecule has 0 saturated carbocycles. The number of likely N-dealkylation sites (N-methyl/N-ethyl adjacent to an activating group) is 1. The zero-order chi connectivity index (χ0) is 13.0. The van der Waals surface area contributed by atoms with Crippen molar-refractivity contribution in [2.75, 3.05) is 7.05 Å². The van der Waals surface area contributed by atoms with Gasteiger partial charge in [-0.1, -0.05) is 41.8 Å². The van der Waals surface area contributed by atoms with Crippen LogP contribution in [0.5, 0.6) is 0 Å². The SMILES string of the molecule is CNC(C1=CCCCCC1)c1cccc(F)c1Cl. The lowest BCUT2D eigenvalue weighted by Gasteiger charge is -2.21. The maximum Gasteiger partial charge on any atom is 0.142 e. The van der Waals surface area contributed by atoms with E-state index in [0.29, 0.717) is 0 Å². The number of halogens is 2. The van der Waals surface area contributed by atoms with E-state index in [0.717, 1.165) is 18.4 Å². The van der Waals surface area contributed by atoms with Crippen molar-refractivity contribution >= 4 is 11.6 Å². The molecule has 0 aliphatic heterocycles. The topological polar surface area (TPSA) is 12.0 Å². The lowest BCUT2D eigenvalue weighted by Crippen LogP contribution is -2.19. The zero-order valence-corrected chi connectivity index (χ0v) is 11.4. The number of hydrogen-bond acceptors (Lipinski definition) is 1. The average Bonchev–Trinajstić information content (AvgIpc) is 2.64. The first-order valence-corrected chi connectivity index (χ1v) is 6.92. The van der Waals surface area contributed by atoms with Crippen LogP contribution in [0.25, 0.3) is 0 Å². The van der Waals surface area contributed by atoms with Gasteiger partial charge in [0.2, 0.25) is 0 Å². The molecular weight excluding hydrogens is 249 g/mol. The van der Waals surface area contributed by atoms with Gasteiger partial charge in [-0.2, -0.15) is 0 Å². The first-order valence-electron chi connectivity index (χ1n) is 6.54. The fourth-order valence-corrected chi connectivity index (χ4v) is 2.82. The Morgan fingerprint density at radius 2 is 2.11 bits per heavy atom. The third-order valence-corrected chi connectivity index (χ3v) is 3.93. The van der Waals surface area contributed by atoms with E-state index in [1.165, 1.54) is 30.9 Å². The summed E-state index contributed by atoms with van der Waals surface area (Å²) in [7, 11) is 1.90. The van der Waals surface area contributed by atoms with Gasteiger partial charge in [0, 0.05) is 0 Å². The fraction of sp³-hybridized carbons (Fsp3) is 0.467. The van der Waals surface area contributed by atoms with E-state index in [1.807, 2.05) is 13.1 Å². The van der Waals surface area contributed by atoms with Crippen LogP contribution >= 0.6 is 11.6 Å². The second kappa shape index (κ2) is 6.35. The molecule has 0 aromatic heterocycles. The van der Waals surface area contributed by atoms with Gasteiger partial charge in [0.25, 0.3) is 0 Å². The van der Waals surface area contributed by atoms with Gasteiger partial charge in [-0.25, -0.2) is 4.39 Å². The molecule has 18 heavy (non-hydrogen) atoms. The molecule has 1 aromatic rings. The van der Waals surface area contributed by atoms with Crippen molar-refractivity contribution in [3.05, 3.63) is 46.3 Å². The fourth-order valence-electron chi connectivity index (χ4n) is 2.59. The monoisotopic (exact) mass is 267 g/mol. The van der Waals surface area contributed by atoms with Crippen LogP contribution in [0.4, 0.5) is 4.39 Å². The molecule has 1 N–H and O–H groups in total. The maximum atomic E-state index is 13.5. The molecule has 0 fully saturated rings. The molecule has 1 aromatic carbocycles. The predicted octanol–water partition coefficient (Wildman–Crippen LogP) is 4.63. The molecule has 3 heteroatoms. The average molecular weight is 268 g/mol. The molecule has 1 unspecified atom stereocenters. The van der Waals surface area contributed by atoms with E-state index in [4.69, 9.17) is 11.6 Å². The molecule has 0 bridgehead atoms. The minimum absolute atomic E-state index is 0.0336. The van der Waals surface area contributed by atoms with Crippen molar-refractivity contribution in [2.24, 2.45) is 0 Å². The summed E-state index contributed by atoms with van der Waals surface area (Å²) in [6.45, 7) is 0. The molecule has 1 atom stereocenters. The van der Waals surface area contributed by atoms with E-state index in [9.17, 15) is 4.39 Å². The Morgan fingerprint density at radius 3 is 2.89 bits per heavy atom. The molecule has 0 radical (unpaired) electrons. The Bertz CT molecular complexity index is 442. The third-order valence-electron chi connectivity index (χ3n) is 3.53. The van der Waals surface area contributed by atoms with Crippen LogP contribution in [0.1, 0.15) is 43.7 Å². The Morgan fingerprint density at radius 1 is 1.28 bits per heavy atom. The van der Waals surface area contributed by atoms with Gasteiger partial charge < -0.3 is 5.32 Å². The number of nitrogens with one attached hydrogen (secondary N) is 1. The number of rotatable bonds is 3. The van der Waals surface area contributed by atoms with Crippen molar-refractivity contribution in [2.45, 2.75) is 38.1 Å². The zero-order valence-electron chi connectivity index (χ0n) is 10.7. The van der Waals surface area contributed by atoms with Crippen LogP contribution in [0, 0.1) is 5.82 Å². The lowest BCUT2D eigenvalue weighted by molar-refractivity contribution is 0.604. The van der Waals surface area contributed by atoms with Crippen LogP contribution < -0.4 is 5.32 Å². The summed E-state index contributed by atoms with van der Waals surface area (Å²) in [5, 5.41) is 3.50. The highest BCUT2D eigenvalue weighted by atomic mass is 35.5. The molecule has 1 aliphatic carbocycles. The van der Waals surface area contributed by atoms with E-state index < -0.39 is 0 Å². The van der Waals surface area contributed by atoms with Crippen molar-refractivity contribution in [3.8, 4) is 0 Å². The summed E-state index contributed by atoms with van der Waals surface area (Å²) < 4.78 is 13.5. The number of benzene rings is 1. The first-order chi connectivity index (χ1) is 8.74. The second-order valence-electron chi connectivity index (χ2n) is 4.74. The molecule has 0 heterocycles. The minimum atomic E-state index is -0.344. The third kappa shape index (κ3) is 2.93. The number of hydrogen-bond donors (Lipinski definition) is 1. The molecule has 1 nitrogen and oxygen atoms in total. The normalized spacial score (nSPS) is 18.1. The molecule has 0 amide bonds. The van der Waals surface area contributed by atoms with Crippen LogP contribution in [0.3, 0.4) is 0 Å². The number of allylic oxidation sites excluding steroid dienone is 1. The van der Waals surface area contributed by atoms with Gasteiger partial charge in [0.1, 0.15) is 5.82 Å². The highest BCUT2D eigenvalue weighted by Gasteiger charge is 2.19. The summed E-state index contributed by atoms with van der Waals surface area (Å²) in [5.41, 5.74) is 2.18. The van der Waals surface area contributed by atoms with Crippen LogP contribution in [0.15, 0.2) is 29.8 Å². The Balaban J connectivity index is 2.32. The summed E-state index contributed by atoms with van der Waals surface area (Å²) in [6, 6.07) is 5.06. The molecule has 2 rings (SSSR count). The van der Waals surface area contributed by atoms with Crippen LogP contribution in [-0.2, 0) is 0 Å². The van der Waals surface area contributed by atoms with Gasteiger partial charge >= 0.3 is 0 Å². The molecule has 1 aliphatic rings. The summed E-state index contributed by atoms with van der Waals surface area (Å²) >= 11 is 6.08. The standard InChI is InChI=1S/C15H19ClFN/c1-18-15(11-7-4-2-3-5-8-11)12-9-6-10-13(17)14(12)16/h6-7,9-10,15,18H,2-5,8H2,1H3. The predicted molar refractivity (Wildman–Crippen MR) is 74.4 cm³/mol. The molecule has 0 spiro atoms. The molecule has 98 valence electrons. The quantitative estimate of drug-likeness (QED) is 0.788. The van der Waals surface area contributed by atoms with E-state index in [-0.39, 0.29) is 16.9 Å². The van der Waals surface area contributed by atoms with Crippen LogP contribution in [0.2, 0.25) is 5.02 Å². The Labute approximate surface area is 113 Å². The minimum Gasteiger partial charge on any atom is -0.310 e. The van der Waals surface area contributed by atoms with Crippen LogP contribution in [-0.4, -0.2) is 7.05 Å². The van der Waals surface area contributed by atoms with Gasteiger partial charge in [0.05, 0.1) is 11.1 Å². The molecule has 0 saturated heterocycles. The van der Waals surface area contributed by atoms with Crippen molar-refractivity contribution in [1.29, 1.82) is 0 Å². The summed E-state index contributed by atoms with van der Waals surface area (Å²) in [5.74, 6) is -0.344. The van der Waals surface area contributed by atoms with Crippen molar-refractivity contribution < 1.29 is 4.39 Å². The van der Waals surface area contributed by atoms with E-state index >= 15 is 0 Å². The second-order valence-corrected chi connectivity index (χ2v) is 5.12. The lowest BCUT2D eigenvalue weighted by atomic mass is 9.95. The van der Waals surface area contributed by atoms with Gasteiger partial charge in [0.15, 0.2) is 0 Å². The highest BCUT2D eigenvalue weighted by molar-refractivity contribution is 6.31. The molecular formula is C15H19ClFN. The Kier molecular flexibility index (Phi) is 4.79. The van der Waals surface area contributed by atoms with Crippen molar-refractivity contribution in [3.63, 3.8) is 0 Å². The van der Waals surface area contributed by atoms with E-state index in [1.54, 1.807) is 6.07 Å². The largest absolute Gasteiger partial charge is 0.310 e. The van der Waals surface area contributed by atoms with E-state index in [2.05, 4.69) is 11.4 Å². The Hall–Kier alpha value is -0.860.